The van der Waals surface area contributed by atoms with Gasteiger partial charge in [-0.1, -0.05) is 22.0 Å². The molecule has 0 aliphatic carbocycles. The third kappa shape index (κ3) is 2.04. The molecule has 0 unspecified atom stereocenters. The lowest BCUT2D eigenvalue weighted by atomic mass is 10.0. The second-order valence-corrected chi connectivity index (χ2v) is 4.30. The maximum atomic E-state index is 13.1. The standard InChI is InChI=1S/C11H11BrFNO/c12-5-6-14-10-7-9(13)3-1-8(10)2-4-11(14)15/h1,3,7H,2,4-6H2. The molecule has 1 aliphatic heterocycles. The van der Waals surface area contributed by atoms with Crippen molar-refractivity contribution in [1.82, 2.24) is 0 Å². The van der Waals surface area contributed by atoms with Crippen LogP contribution in [0.5, 0.6) is 0 Å². The number of hydrogen-bond acceptors (Lipinski definition) is 1. The minimum atomic E-state index is -0.289. The molecule has 0 atom stereocenters. The highest BCUT2D eigenvalue weighted by Crippen LogP contribution is 2.28. The van der Waals surface area contributed by atoms with E-state index in [0.29, 0.717) is 24.7 Å². The van der Waals surface area contributed by atoms with Crippen LogP contribution in [0.15, 0.2) is 18.2 Å². The zero-order chi connectivity index (χ0) is 10.8. The van der Waals surface area contributed by atoms with Gasteiger partial charge in [-0.05, 0) is 24.1 Å². The number of benzene rings is 1. The Morgan fingerprint density at radius 2 is 2.20 bits per heavy atom. The maximum Gasteiger partial charge on any atom is 0.227 e. The first-order chi connectivity index (χ1) is 7.22. The number of rotatable bonds is 2. The highest BCUT2D eigenvalue weighted by molar-refractivity contribution is 9.09. The number of nitrogens with zero attached hydrogens (tertiary/aromatic N) is 1. The highest BCUT2D eigenvalue weighted by atomic mass is 79.9. The van der Waals surface area contributed by atoms with Crippen LogP contribution in [0.25, 0.3) is 0 Å². The summed E-state index contributed by atoms with van der Waals surface area (Å²) in [6, 6.07) is 4.65. The van der Waals surface area contributed by atoms with Crippen LogP contribution in [0.2, 0.25) is 0 Å². The summed E-state index contributed by atoms with van der Waals surface area (Å²) in [6.45, 7) is 0.593. The minimum Gasteiger partial charge on any atom is -0.311 e. The summed E-state index contributed by atoms with van der Waals surface area (Å²) in [5, 5.41) is 0.703. The fourth-order valence-corrected chi connectivity index (χ4v) is 2.19. The Labute approximate surface area is 96.2 Å². The zero-order valence-corrected chi connectivity index (χ0v) is 9.76. The summed E-state index contributed by atoms with van der Waals surface area (Å²) in [5.41, 5.74) is 1.78. The summed E-state index contributed by atoms with van der Waals surface area (Å²) in [4.78, 5) is 13.3. The monoisotopic (exact) mass is 271 g/mol. The van der Waals surface area contributed by atoms with Crippen molar-refractivity contribution in [2.45, 2.75) is 12.8 Å². The number of aryl methyl sites for hydroxylation is 1. The summed E-state index contributed by atoms with van der Waals surface area (Å²) in [5.74, 6) is -0.212. The van der Waals surface area contributed by atoms with Crippen molar-refractivity contribution in [3.05, 3.63) is 29.6 Å². The lowest BCUT2D eigenvalue weighted by molar-refractivity contribution is -0.118. The number of amides is 1. The highest BCUT2D eigenvalue weighted by Gasteiger charge is 2.23. The molecule has 0 N–H and O–H groups in total. The molecular weight excluding hydrogens is 261 g/mol. The third-order valence-electron chi connectivity index (χ3n) is 2.56. The van der Waals surface area contributed by atoms with Crippen LogP contribution < -0.4 is 4.90 Å². The molecule has 15 heavy (non-hydrogen) atoms. The van der Waals surface area contributed by atoms with Crippen molar-refractivity contribution in [2.24, 2.45) is 0 Å². The number of fused-ring (bicyclic) bond motifs is 1. The first-order valence-electron chi connectivity index (χ1n) is 4.87. The van der Waals surface area contributed by atoms with E-state index in [9.17, 15) is 9.18 Å². The van der Waals surface area contributed by atoms with Gasteiger partial charge in [-0.25, -0.2) is 4.39 Å². The van der Waals surface area contributed by atoms with Gasteiger partial charge in [0.05, 0.1) is 0 Å². The molecule has 1 amide bonds. The van der Waals surface area contributed by atoms with Crippen LogP contribution in [0.3, 0.4) is 0 Å². The lowest BCUT2D eigenvalue weighted by Crippen LogP contribution is -2.36. The van der Waals surface area contributed by atoms with Gasteiger partial charge in [0.15, 0.2) is 0 Å². The minimum absolute atomic E-state index is 0.0764. The lowest BCUT2D eigenvalue weighted by Gasteiger charge is -2.28. The van der Waals surface area contributed by atoms with E-state index in [0.717, 1.165) is 11.3 Å². The average Bonchev–Trinajstić information content (AvgIpc) is 2.23. The summed E-state index contributed by atoms with van der Waals surface area (Å²) in [7, 11) is 0. The molecule has 0 saturated heterocycles. The van der Waals surface area contributed by atoms with Crippen molar-refractivity contribution in [2.75, 3.05) is 16.8 Å². The quantitative estimate of drug-likeness (QED) is 0.757. The second-order valence-electron chi connectivity index (χ2n) is 3.51. The van der Waals surface area contributed by atoms with E-state index in [-0.39, 0.29) is 11.7 Å². The molecule has 2 rings (SSSR count). The van der Waals surface area contributed by atoms with Gasteiger partial charge in [-0.15, -0.1) is 0 Å². The van der Waals surface area contributed by atoms with Crippen molar-refractivity contribution < 1.29 is 9.18 Å². The predicted molar refractivity (Wildman–Crippen MR) is 60.9 cm³/mol. The van der Waals surface area contributed by atoms with Gasteiger partial charge in [-0.3, -0.25) is 4.79 Å². The number of anilines is 1. The summed E-state index contributed by atoms with van der Waals surface area (Å²) in [6.07, 6.45) is 1.23. The summed E-state index contributed by atoms with van der Waals surface area (Å²) < 4.78 is 13.1. The fraction of sp³-hybridized carbons (Fsp3) is 0.364. The second kappa shape index (κ2) is 4.31. The average molecular weight is 272 g/mol. The molecule has 0 saturated carbocycles. The Morgan fingerprint density at radius 3 is 2.93 bits per heavy atom. The zero-order valence-electron chi connectivity index (χ0n) is 8.17. The Balaban J connectivity index is 2.41. The normalized spacial score (nSPS) is 15.3. The van der Waals surface area contributed by atoms with Crippen LogP contribution in [0.4, 0.5) is 10.1 Å². The van der Waals surface area contributed by atoms with Crippen molar-refractivity contribution in [3.8, 4) is 0 Å². The van der Waals surface area contributed by atoms with Crippen LogP contribution in [0.1, 0.15) is 12.0 Å². The first-order valence-corrected chi connectivity index (χ1v) is 5.99. The Bertz CT molecular complexity index is 394. The molecule has 80 valence electrons. The SMILES string of the molecule is O=C1CCc2ccc(F)cc2N1CCBr. The van der Waals surface area contributed by atoms with Crippen LogP contribution in [-0.4, -0.2) is 17.8 Å². The van der Waals surface area contributed by atoms with E-state index in [1.54, 1.807) is 11.0 Å². The molecule has 0 fully saturated rings. The largest absolute Gasteiger partial charge is 0.311 e. The van der Waals surface area contributed by atoms with Crippen LogP contribution in [0, 0.1) is 5.82 Å². The number of carbonyl (C=O) groups excluding carboxylic acids is 1. The van der Waals surface area contributed by atoms with Crippen molar-refractivity contribution in [1.29, 1.82) is 0 Å². The van der Waals surface area contributed by atoms with E-state index in [4.69, 9.17) is 0 Å². The van der Waals surface area contributed by atoms with Crippen molar-refractivity contribution in [3.63, 3.8) is 0 Å². The fourth-order valence-electron chi connectivity index (χ4n) is 1.84. The summed E-state index contributed by atoms with van der Waals surface area (Å²) >= 11 is 3.30. The molecule has 2 nitrogen and oxygen atoms in total. The van der Waals surface area contributed by atoms with E-state index in [1.165, 1.54) is 12.1 Å². The van der Waals surface area contributed by atoms with Gasteiger partial charge in [-0.2, -0.15) is 0 Å². The van der Waals surface area contributed by atoms with Crippen LogP contribution in [-0.2, 0) is 11.2 Å². The Hall–Kier alpha value is -0.900. The molecule has 1 heterocycles. The smallest absolute Gasteiger partial charge is 0.227 e. The number of halogens is 2. The Kier molecular flexibility index (Phi) is 3.05. The van der Waals surface area contributed by atoms with E-state index in [1.807, 2.05) is 0 Å². The molecule has 4 heteroatoms. The van der Waals surface area contributed by atoms with Gasteiger partial charge >= 0.3 is 0 Å². The molecule has 1 aromatic carbocycles. The number of alkyl halides is 1. The molecule has 0 spiro atoms. The predicted octanol–water partition coefficient (Wildman–Crippen LogP) is 2.50. The molecule has 0 aromatic heterocycles. The van der Waals surface area contributed by atoms with Crippen molar-refractivity contribution >= 4 is 27.5 Å². The molecule has 0 radical (unpaired) electrons. The van der Waals surface area contributed by atoms with Gasteiger partial charge in [0.1, 0.15) is 5.82 Å². The Morgan fingerprint density at radius 1 is 1.40 bits per heavy atom. The third-order valence-corrected chi connectivity index (χ3v) is 2.91. The van der Waals surface area contributed by atoms with Gasteiger partial charge < -0.3 is 4.90 Å². The van der Waals surface area contributed by atoms with Gasteiger partial charge in [0.2, 0.25) is 5.91 Å². The van der Waals surface area contributed by atoms with E-state index >= 15 is 0 Å². The van der Waals surface area contributed by atoms with E-state index in [2.05, 4.69) is 15.9 Å². The van der Waals surface area contributed by atoms with E-state index < -0.39 is 0 Å². The molecule has 1 aromatic rings. The topological polar surface area (TPSA) is 20.3 Å². The number of carbonyl (C=O) groups is 1. The van der Waals surface area contributed by atoms with Gasteiger partial charge in [0.25, 0.3) is 0 Å². The molecule has 0 bridgehead atoms. The number of hydrogen-bond donors (Lipinski definition) is 0. The first kappa shape index (κ1) is 10.6. The van der Waals surface area contributed by atoms with Crippen LogP contribution >= 0.6 is 15.9 Å². The molecular formula is C11H11BrFNO. The maximum absolute atomic E-state index is 13.1. The van der Waals surface area contributed by atoms with Gasteiger partial charge in [0, 0.05) is 24.0 Å². The molecule has 1 aliphatic rings.